The van der Waals surface area contributed by atoms with E-state index >= 15 is 0 Å². The van der Waals surface area contributed by atoms with E-state index < -0.39 is 43.9 Å². The molecule has 1 fully saturated rings. The summed E-state index contributed by atoms with van der Waals surface area (Å²) in [4.78, 5) is 36.2. The first-order valence-corrected chi connectivity index (χ1v) is 13.3. The molecule has 4 heterocycles. The molecule has 1 saturated heterocycles. The third-order valence-corrected chi connectivity index (χ3v) is 7.97. The van der Waals surface area contributed by atoms with E-state index in [9.17, 15) is 23.1 Å². The molecule has 0 radical (unpaired) electrons. The molecule has 0 aliphatic carbocycles. The maximum atomic E-state index is 13.3. The number of nitrogens with one attached hydrogen (secondary N) is 2. The topological polar surface area (TPSA) is 142 Å². The highest BCUT2D eigenvalue weighted by Crippen LogP contribution is 2.40. The van der Waals surface area contributed by atoms with Crippen molar-refractivity contribution in [3.63, 3.8) is 0 Å². The molecule has 2 aromatic heterocycles. The largest absolute Gasteiger partial charge is 0.480 e. The Hall–Kier alpha value is -3.34. The van der Waals surface area contributed by atoms with E-state index in [2.05, 4.69) is 21.9 Å². The maximum absolute atomic E-state index is 13.3. The van der Waals surface area contributed by atoms with Gasteiger partial charge >= 0.3 is 5.97 Å². The third kappa shape index (κ3) is 5.11. The monoisotopic (exact) mass is 514 g/mol. The van der Waals surface area contributed by atoms with Crippen LogP contribution in [0.5, 0.6) is 0 Å². The van der Waals surface area contributed by atoms with Crippen molar-refractivity contribution in [2.45, 2.75) is 69.0 Å². The van der Waals surface area contributed by atoms with Crippen LogP contribution >= 0.6 is 0 Å². The molecule has 4 rings (SSSR count). The number of rotatable bonds is 2. The van der Waals surface area contributed by atoms with Gasteiger partial charge in [0.2, 0.25) is 0 Å². The van der Waals surface area contributed by atoms with Gasteiger partial charge in [-0.25, -0.2) is 19.5 Å². The van der Waals surface area contributed by atoms with Gasteiger partial charge in [0.05, 0.1) is 18.2 Å². The van der Waals surface area contributed by atoms with Gasteiger partial charge in [-0.1, -0.05) is 6.07 Å². The molecule has 10 nitrogen and oxygen atoms in total. The van der Waals surface area contributed by atoms with Gasteiger partial charge in [-0.2, -0.15) is 8.42 Å². The Morgan fingerprint density at radius 1 is 1.19 bits per heavy atom. The molecule has 4 bridgehead atoms. The average Bonchev–Trinajstić information content (AvgIpc) is 3.08. The summed E-state index contributed by atoms with van der Waals surface area (Å²) in [5.74, 6) is -1.24. The number of carboxylic acid groups (broad SMARTS) is 1. The van der Waals surface area contributed by atoms with Gasteiger partial charge < -0.3 is 15.3 Å². The summed E-state index contributed by atoms with van der Waals surface area (Å²) in [6.45, 7) is 12.6. The van der Waals surface area contributed by atoms with Gasteiger partial charge in [-0.05, 0) is 77.1 Å². The number of amides is 1. The molecule has 0 aromatic carbocycles. The molecular formula is C25H32N5O5S+. The summed E-state index contributed by atoms with van der Waals surface area (Å²) in [6.07, 6.45) is 1.70. The van der Waals surface area contributed by atoms with Crippen LogP contribution in [-0.4, -0.2) is 53.5 Å². The molecule has 1 unspecified atom stereocenters. The number of sulfonamides is 1. The van der Waals surface area contributed by atoms with Crippen molar-refractivity contribution in [2.75, 3.05) is 16.8 Å². The molecular weight excluding hydrogens is 482 g/mol. The molecule has 2 aliphatic rings. The predicted octanol–water partition coefficient (Wildman–Crippen LogP) is 2.97. The summed E-state index contributed by atoms with van der Waals surface area (Å²) >= 11 is 0. The van der Waals surface area contributed by atoms with E-state index in [1.54, 1.807) is 12.1 Å². The van der Waals surface area contributed by atoms with Crippen LogP contribution in [0.3, 0.4) is 0 Å². The first-order chi connectivity index (χ1) is 16.7. The van der Waals surface area contributed by atoms with Crippen LogP contribution in [0.4, 0.5) is 11.6 Å². The number of anilines is 2. The van der Waals surface area contributed by atoms with Gasteiger partial charge in [0.1, 0.15) is 23.1 Å². The van der Waals surface area contributed by atoms with Crippen LogP contribution in [0.25, 0.3) is 0 Å². The first kappa shape index (κ1) is 25.7. The van der Waals surface area contributed by atoms with E-state index in [0.717, 1.165) is 6.42 Å². The van der Waals surface area contributed by atoms with E-state index in [0.29, 0.717) is 30.9 Å². The standard InChI is InChI=1S/C25H31N5O5S/c1-24(2,3)18-12-10-16-21(27-18)30-14-15(13-25(30,4)5)9-11-17(23(32)33)26-19-7-6-8-20(28-19)36(34,35)29-22(16)31/h6-8,10,12,15,17H,1,9,11,13-14H2,2-5H3,(H2-,26,28,29,31,32,33)/p+1/t15-,17?/m0/s1. The number of nitrogens with zero attached hydrogens (tertiary/aromatic N) is 3. The minimum absolute atomic E-state index is 0.102. The second kappa shape index (κ2) is 8.95. The zero-order valence-electron chi connectivity index (χ0n) is 20.9. The smallest absolute Gasteiger partial charge is 0.326 e. The Labute approximate surface area is 211 Å². The van der Waals surface area contributed by atoms with Crippen LogP contribution in [-0.2, 0) is 20.2 Å². The highest BCUT2D eigenvalue weighted by atomic mass is 32.2. The van der Waals surface area contributed by atoms with Crippen molar-refractivity contribution >= 4 is 33.5 Å². The van der Waals surface area contributed by atoms with Crippen molar-refractivity contribution in [2.24, 2.45) is 5.92 Å². The molecule has 11 heteroatoms. The van der Waals surface area contributed by atoms with Gasteiger partial charge in [0.25, 0.3) is 15.9 Å². The fourth-order valence-corrected chi connectivity index (χ4v) is 5.81. The Bertz CT molecular complexity index is 1300. The lowest BCUT2D eigenvalue weighted by molar-refractivity contribution is -0.138. The summed E-state index contributed by atoms with van der Waals surface area (Å²) in [6, 6.07) is 6.51. The fourth-order valence-electron chi connectivity index (χ4n) is 4.87. The second-order valence-electron chi connectivity index (χ2n) is 10.9. The molecule has 1 amide bonds. The van der Waals surface area contributed by atoms with Crippen molar-refractivity contribution in [1.29, 1.82) is 0 Å². The number of hydrogen-bond acceptors (Lipinski definition) is 8. The second-order valence-corrected chi connectivity index (χ2v) is 12.5. The van der Waals surface area contributed by atoms with E-state index in [4.69, 9.17) is 4.98 Å². The molecule has 0 saturated carbocycles. The quantitative estimate of drug-likeness (QED) is 0.516. The molecule has 3 N–H and O–H groups in total. The van der Waals surface area contributed by atoms with E-state index in [1.165, 1.54) is 18.2 Å². The number of carboxylic acids is 1. The summed E-state index contributed by atoms with van der Waals surface area (Å²) < 4.78 is 28.3. The van der Waals surface area contributed by atoms with Crippen molar-refractivity contribution in [3.8, 4) is 0 Å². The zero-order chi connectivity index (χ0) is 26.5. The van der Waals surface area contributed by atoms with Crippen LogP contribution in [0, 0.1) is 12.8 Å². The Kier molecular flexibility index (Phi) is 6.40. The molecule has 192 valence electrons. The van der Waals surface area contributed by atoms with Gasteiger partial charge in [0, 0.05) is 12.1 Å². The summed E-state index contributed by atoms with van der Waals surface area (Å²) in [5, 5.41) is 12.2. The molecule has 2 aliphatic heterocycles. The predicted molar refractivity (Wildman–Crippen MR) is 135 cm³/mol. The Morgan fingerprint density at radius 2 is 1.92 bits per heavy atom. The average molecular weight is 515 g/mol. The highest BCUT2D eigenvalue weighted by molar-refractivity contribution is 7.90. The molecule has 2 atom stereocenters. The minimum atomic E-state index is -4.35. The van der Waals surface area contributed by atoms with Crippen molar-refractivity contribution in [3.05, 3.63) is 48.5 Å². The fraction of sp³-hybridized carbons (Fsp3) is 0.480. The normalized spacial score (nSPS) is 23.4. The SMILES string of the molecule is [CH2+]C(C)(C)c1ccc2c(n1)N1C[C@@H](CCC(C(=O)O)Nc3cccc(n3)S(=O)(=O)NC2=O)CC1(C)C. The number of aliphatic carboxylic acids is 1. The van der Waals surface area contributed by atoms with Crippen LogP contribution in [0.15, 0.2) is 35.4 Å². The highest BCUT2D eigenvalue weighted by Gasteiger charge is 2.42. The summed E-state index contributed by atoms with van der Waals surface area (Å²) in [7, 11) is -4.35. The lowest BCUT2D eigenvalue weighted by atomic mass is 9.91. The summed E-state index contributed by atoms with van der Waals surface area (Å²) in [5.41, 5.74) is -0.140. The lowest BCUT2D eigenvalue weighted by Crippen LogP contribution is -2.41. The Morgan fingerprint density at radius 3 is 2.58 bits per heavy atom. The lowest BCUT2D eigenvalue weighted by Gasteiger charge is -2.34. The van der Waals surface area contributed by atoms with Crippen molar-refractivity contribution < 1.29 is 23.1 Å². The maximum Gasteiger partial charge on any atom is 0.326 e. The van der Waals surface area contributed by atoms with Gasteiger partial charge in [0.15, 0.2) is 5.03 Å². The number of fused-ring (bicyclic) bond motifs is 6. The zero-order valence-corrected chi connectivity index (χ0v) is 21.7. The van der Waals surface area contributed by atoms with Crippen LogP contribution in [0.1, 0.15) is 63.0 Å². The number of carbonyl (C=O) groups is 2. The van der Waals surface area contributed by atoms with Crippen molar-refractivity contribution in [1.82, 2.24) is 14.7 Å². The Balaban J connectivity index is 1.86. The van der Waals surface area contributed by atoms with Gasteiger partial charge in [-0.3, -0.25) is 4.79 Å². The number of carbonyl (C=O) groups excluding carboxylic acids is 1. The number of hydrogen-bond donors (Lipinski definition) is 3. The molecule has 0 spiro atoms. The van der Waals surface area contributed by atoms with Crippen LogP contribution in [0.2, 0.25) is 0 Å². The van der Waals surface area contributed by atoms with E-state index in [1.807, 2.05) is 32.6 Å². The third-order valence-electron chi connectivity index (χ3n) is 6.74. The number of pyridine rings is 2. The van der Waals surface area contributed by atoms with Gasteiger partial charge in [-0.15, -0.1) is 0 Å². The number of aromatic nitrogens is 2. The minimum Gasteiger partial charge on any atom is -0.480 e. The first-order valence-electron chi connectivity index (χ1n) is 11.9. The van der Waals surface area contributed by atoms with E-state index in [-0.39, 0.29) is 17.3 Å². The molecule has 2 aromatic rings. The molecule has 36 heavy (non-hydrogen) atoms. The van der Waals surface area contributed by atoms with Crippen LogP contribution < -0.4 is 14.9 Å².